The highest BCUT2D eigenvalue weighted by molar-refractivity contribution is 5.88. The van der Waals surface area contributed by atoms with Crippen molar-refractivity contribution in [3.05, 3.63) is 106 Å². The number of nitriles is 1. The highest BCUT2D eigenvalue weighted by Crippen LogP contribution is 2.48. The van der Waals surface area contributed by atoms with Gasteiger partial charge in [0.25, 0.3) is 0 Å². The number of aromatic nitrogens is 4. The number of benzene rings is 2. The number of hydrogen-bond acceptors (Lipinski definition) is 6. The number of aromatic carboxylic acids is 1. The van der Waals surface area contributed by atoms with Gasteiger partial charge in [-0.05, 0) is 55.3 Å². The van der Waals surface area contributed by atoms with Crippen LogP contribution in [0.25, 0.3) is 22.4 Å². The average molecular weight is 602 g/mol. The topological polar surface area (TPSA) is 114 Å². The first kappa shape index (κ1) is 28.8. The second-order valence-corrected chi connectivity index (χ2v) is 10.8. The van der Waals surface area contributed by atoms with Gasteiger partial charge in [0.2, 0.25) is 5.88 Å². The van der Waals surface area contributed by atoms with Gasteiger partial charge in [0.05, 0.1) is 24.0 Å². The Bertz CT molecular complexity index is 1940. The Hall–Kier alpha value is -5.31. The SMILES string of the molecule is N#Cc1ccc(COc2cccc(-c3cc(F)c(Cc4nc5ccc(C(=O)O)nc5n4CC4(CF)CC4)c(F)c3)n2)c(F)c1. The van der Waals surface area contributed by atoms with Gasteiger partial charge in [-0.15, -0.1) is 0 Å². The summed E-state index contributed by atoms with van der Waals surface area (Å²) in [5.41, 5.74) is 0.115. The van der Waals surface area contributed by atoms with Crippen LogP contribution in [-0.2, 0) is 19.6 Å². The van der Waals surface area contributed by atoms with E-state index in [1.165, 1.54) is 30.3 Å². The van der Waals surface area contributed by atoms with Gasteiger partial charge in [0.15, 0.2) is 11.3 Å². The molecule has 0 atom stereocenters. The summed E-state index contributed by atoms with van der Waals surface area (Å²) in [6.45, 7) is -0.626. The molecule has 1 aliphatic carbocycles. The third-order valence-electron chi connectivity index (χ3n) is 7.68. The number of imidazole rings is 1. The summed E-state index contributed by atoms with van der Waals surface area (Å²) in [5, 5.41) is 18.3. The van der Waals surface area contributed by atoms with Crippen LogP contribution in [0.5, 0.6) is 5.88 Å². The molecule has 8 nitrogen and oxygen atoms in total. The highest BCUT2D eigenvalue weighted by Gasteiger charge is 2.44. The van der Waals surface area contributed by atoms with E-state index >= 15 is 8.78 Å². The second-order valence-electron chi connectivity index (χ2n) is 10.8. The zero-order valence-corrected chi connectivity index (χ0v) is 23.0. The van der Waals surface area contributed by atoms with E-state index in [-0.39, 0.29) is 70.6 Å². The number of alkyl halides is 1. The first-order chi connectivity index (χ1) is 21.2. The lowest BCUT2D eigenvalue weighted by atomic mass is 10.0. The van der Waals surface area contributed by atoms with Gasteiger partial charge in [-0.25, -0.2) is 32.9 Å². The molecule has 1 aliphatic rings. The quantitative estimate of drug-likeness (QED) is 0.184. The molecular weight excluding hydrogens is 578 g/mol. The molecule has 0 aliphatic heterocycles. The molecule has 0 bridgehead atoms. The molecule has 12 heteroatoms. The van der Waals surface area contributed by atoms with E-state index in [1.807, 2.05) is 6.07 Å². The molecule has 0 radical (unpaired) electrons. The number of nitrogens with zero attached hydrogens (tertiary/aromatic N) is 5. The Balaban J connectivity index is 1.27. The van der Waals surface area contributed by atoms with Crippen molar-refractivity contribution in [1.82, 2.24) is 19.5 Å². The largest absolute Gasteiger partial charge is 0.477 e. The van der Waals surface area contributed by atoms with Gasteiger partial charge in [-0.2, -0.15) is 5.26 Å². The molecule has 0 spiro atoms. The average Bonchev–Trinajstić information content (AvgIpc) is 3.72. The van der Waals surface area contributed by atoms with Crippen molar-refractivity contribution in [2.75, 3.05) is 6.67 Å². The Labute approximate surface area is 248 Å². The van der Waals surface area contributed by atoms with Gasteiger partial charge in [0, 0.05) is 41.1 Å². The summed E-state index contributed by atoms with van der Waals surface area (Å²) < 4.78 is 66.1. The van der Waals surface area contributed by atoms with Crippen molar-refractivity contribution < 1.29 is 32.2 Å². The molecule has 1 fully saturated rings. The van der Waals surface area contributed by atoms with Crippen LogP contribution >= 0.6 is 0 Å². The Morgan fingerprint density at radius 2 is 1.77 bits per heavy atom. The van der Waals surface area contributed by atoms with Crippen LogP contribution in [-0.4, -0.2) is 37.3 Å². The van der Waals surface area contributed by atoms with Crippen molar-refractivity contribution >= 4 is 17.1 Å². The number of rotatable bonds is 10. The van der Waals surface area contributed by atoms with E-state index < -0.39 is 35.5 Å². The summed E-state index contributed by atoms with van der Waals surface area (Å²) >= 11 is 0. The molecule has 6 rings (SSSR count). The summed E-state index contributed by atoms with van der Waals surface area (Å²) in [4.78, 5) is 24.5. The monoisotopic (exact) mass is 601 g/mol. The Morgan fingerprint density at radius 1 is 1.00 bits per heavy atom. The predicted molar refractivity (Wildman–Crippen MR) is 150 cm³/mol. The van der Waals surface area contributed by atoms with E-state index in [2.05, 4.69) is 15.0 Å². The molecule has 0 saturated heterocycles. The fourth-order valence-electron chi connectivity index (χ4n) is 4.93. The van der Waals surface area contributed by atoms with Crippen molar-refractivity contribution in [2.45, 2.75) is 32.4 Å². The van der Waals surface area contributed by atoms with Crippen LogP contribution in [0.2, 0.25) is 0 Å². The van der Waals surface area contributed by atoms with Crippen LogP contribution in [0.3, 0.4) is 0 Å². The summed E-state index contributed by atoms with van der Waals surface area (Å²) in [7, 11) is 0. The van der Waals surface area contributed by atoms with E-state index in [1.54, 1.807) is 16.7 Å². The minimum atomic E-state index is -1.25. The maximum atomic E-state index is 15.5. The predicted octanol–water partition coefficient (Wildman–Crippen LogP) is 6.40. The maximum absolute atomic E-state index is 15.5. The highest BCUT2D eigenvalue weighted by atomic mass is 19.1. The minimum Gasteiger partial charge on any atom is -0.477 e. The lowest BCUT2D eigenvalue weighted by Gasteiger charge is -2.15. The molecule has 44 heavy (non-hydrogen) atoms. The second kappa shape index (κ2) is 11.4. The van der Waals surface area contributed by atoms with Crippen LogP contribution in [0, 0.1) is 34.2 Å². The van der Waals surface area contributed by atoms with E-state index in [9.17, 15) is 18.7 Å². The first-order valence-corrected chi connectivity index (χ1v) is 13.6. The fraction of sp³-hybridized carbons (Fsp3) is 0.219. The van der Waals surface area contributed by atoms with E-state index in [0.29, 0.717) is 18.4 Å². The number of halogens is 4. The third kappa shape index (κ3) is 5.68. The Kier molecular flexibility index (Phi) is 7.47. The van der Waals surface area contributed by atoms with Crippen molar-refractivity contribution in [3.63, 3.8) is 0 Å². The lowest BCUT2D eigenvalue weighted by molar-refractivity contribution is 0.0690. The zero-order valence-electron chi connectivity index (χ0n) is 23.0. The van der Waals surface area contributed by atoms with Crippen LogP contribution in [0.4, 0.5) is 17.6 Å². The molecule has 222 valence electrons. The first-order valence-electron chi connectivity index (χ1n) is 13.6. The number of carboxylic acids is 1. The smallest absolute Gasteiger partial charge is 0.354 e. The standard InChI is InChI=1S/C32H23F4N5O3/c33-16-32(8-9-32)17-41-28(38-26-6-7-27(31(42)43)40-30(26)41)13-21-23(35)11-20(12-24(21)36)25-2-1-3-29(39-25)44-15-19-5-4-18(14-37)10-22(19)34/h1-7,10-12H,8-9,13,15-17H2,(H,42,43). The van der Waals surface area contributed by atoms with Crippen molar-refractivity contribution in [3.8, 4) is 23.2 Å². The molecule has 3 aromatic heterocycles. The number of ether oxygens (including phenoxy) is 1. The number of pyridine rings is 2. The summed E-state index contributed by atoms with van der Waals surface area (Å²) in [5.74, 6) is -3.26. The number of hydrogen-bond donors (Lipinski definition) is 1. The fourth-order valence-corrected chi connectivity index (χ4v) is 4.93. The molecule has 1 saturated carbocycles. The normalized spacial score (nSPS) is 13.5. The minimum absolute atomic E-state index is 0.0972. The van der Waals surface area contributed by atoms with E-state index in [0.717, 1.165) is 18.2 Å². The molecule has 2 aromatic carbocycles. The van der Waals surface area contributed by atoms with Gasteiger partial charge in [-0.3, -0.25) is 4.39 Å². The van der Waals surface area contributed by atoms with Crippen LogP contribution in [0.15, 0.2) is 60.7 Å². The van der Waals surface area contributed by atoms with Crippen LogP contribution in [0.1, 0.15) is 45.8 Å². The molecule has 0 amide bonds. The van der Waals surface area contributed by atoms with Crippen molar-refractivity contribution in [1.29, 1.82) is 5.26 Å². The van der Waals surface area contributed by atoms with Gasteiger partial charge in [0.1, 0.15) is 35.4 Å². The molecule has 0 unspecified atom stereocenters. The molecule has 3 heterocycles. The molecular formula is C32H23F4N5O3. The number of fused-ring (bicyclic) bond motifs is 1. The lowest BCUT2D eigenvalue weighted by Crippen LogP contribution is -2.17. The third-order valence-corrected chi connectivity index (χ3v) is 7.68. The molecule has 1 N–H and O–H groups in total. The van der Waals surface area contributed by atoms with Gasteiger partial charge < -0.3 is 14.4 Å². The summed E-state index contributed by atoms with van der Waals surface area (Å²) in [6.07, 6.45) is 0.958. The maximum Gasteiger partial charge on any atom is 0.354 e. The Morgan fingerprint density at radius 3 is 2.43 bits per heavy atom. The van der Waals surface area contributed by atoms with Crippen molar-refractivity contribution in [2.24, 2.45) is 5.41 Å². The van der Waals surface area contributed by atoms with Crippen LogP contribution < -0.4 is 4.74 Å². The van der Waals surface area contributed by atoms with Gasteiger partial charge >= 0.3 is 5.97 Å². The number of carbonyl (C=O) groups is 1. The van der Waals surface area contributed by atoms with Gasteiger partial charge in [-0.1, -0.05) is 12.1 Å². The molecule has 5 aromatic rings. The zero-order chi connectivity index (χ0) is 31.0. The summed E-state index contributed by atoms with van der Waals surface area (Å²) in [6, 6.07) is 15.5. The van der Waals surface area contributed by atoms with E-state index in [4.69, 9.17) is 10.00 Å². The number of carboxylic acid groups (broad SMARTS) is 1.